The van der Waals surface area contributed by atoms with Gasteiger partial charge in [-0.05, 0) is 63.4 Å². The van der Waals surface area contributed by atoms with Crippen LogP contribution >= 0.6 is 0 Å². The zero-order chi connectivity index (χ0) is 21.3. The minimum atomic E-state index is -0.536. The molecule has 8 heteroatoms. The zero-order valence-corrected chi connectivity index (χ0v) is 17.6. The van der Waals surface area contributed by atoms with Gasteiger partial charge in [0.25, 0.3) is 0 Å². The summed E-state index contributed by atoms with van der Waals surface area (Å²) in [5, 5.41) is 7.68. The van der Waals surface area contributed by atoms with Crippen molar-refractivity contribution < 1.29 is 9.53 Å². The van der Waals surface area contributed by atoms with E-state index in [4.69, 9.17) is 4.74 Å². The van der Waals surface area contributed by atoms with Crippen LogP contribution in [0.4, 0.5) is 16.2 Å². The Kier molecular flexibility index (Phi) is 5.24. The van der Waals surface area contributed by atoms with E-state index in [0.717, 1.165) is 29.8 Å². The number of aromatic nitrogens is 3. The van der Waals surface area contributed by atoms with Gasteiger partial charge in [0.05, 0.1) is 12.2 Å². The first kappa shape index (κ1) is 20.0. The summed E-state index contributed by atoms with van der Waals surface area (Å²) in [6.45, 7) is 7.23. The number of aryl methyl sites for hydroxylation is 1. The quantitative estimate of drug-likeness (QED) is 0.715. The summed E-state index contributed by atoms with van der Waals surface area (Å²) in [4.78, 5) is 26.7. The van der Waals surface area contributed by atoms with Crippen molar-refractivity contribution in [2.45, 2.75) is 45.8 Å². The fourth-order valence-corrected chi connectivity index (χ4v) is 3.61. The highest BCUT2D eigenvalue weighted by atomic mass is 16.6. The van der Waals surface area contributed by atoms with Crippen LogP contribution in [0.25, 0.3) is 5.65 Å². The molecule has 1 N–H and O–H groups in total. The Morgan fingerprint density at radius 1 is 1.23 bits per heavy atom. The average Bonchev–Trinajstić information content (AvgIpc) is 3.02. The first-order valence-electron chi connectivity index (χ1n) is 10.2. The highest BCUT2D eigenvalue weighted by molar-refractivity contribution is 5.90. The number of anilines is 2. The van der Waals surface area contributed by atoms with Crippen molar-refractivity contribution in [3.63, 3.8) is 0 Å². The van der Waals surface area contributed by atoms with Gasteiger partial charge in [0.1, 0.15) is 5.60 Å². The number of benzene rings is 1. The maximum atomic E-state index is 12.6. The molecule has 0 bridgehead atoms. The summed E-state index contributed by atoms with van der Waals surface area (Å²) in [6, 6.07) is 11.5. The van der Waals surface area contributed by atoms with Crippen LogP contribution in [0.3, 0.4) is 0 Å². The first-order chi connectivity index (χ1) is 14.3. The van der Waals surface area contributed by atoms with Crippen LogP contribution in [-0.4, -0.2) is 39.0 Å². The molecule has 0 fully saturated rings. The molecular weight excluding hydrogens is 382 g/mol. The lowest BCUT2D eigenvalue weighted by molar-refractivity contribution is 0.0578. The largest absolute Gasteiger partial charge is 0.443 e. The van der Waals surface area contributed by atoms with Crippen molar-refractivity contribution in [3.8, 4) is 0 Å². The lowest BCUT2D eigenvalue weighted by Crippen LogP contribution is -2.39. The Labute approximate surface area is 175 Å². The van der Waals surface area contributed by atoms with Crippen molar-refractivity contribution in [3.05, 3.63) is 58.6 Å². The number of amides is 1. The minimum absolute atomic E-state index is 0.158. The van der Waals surface area contributed by atoms with Gasteiger partial charge in [0.2, 0.25) is 0 Å². The number of fused-ring (bicyclic) bond motifs is 2. The zero-order valence-electron chi connectivity index (χ0n) is 17.6. The van der Waals surface area contributed by atoms with E-state index in [2.05, 4.69) is 10.4 Å². The summed E-state index contributed by atoms with van der Waals surface area (Å²) >= 11 is 0. The molecule has 2 aromatic heterocycles. The maximum absolute atomic E-state index is 12.6. The minimum Gasteiger partial charge on any atom is -0.443 e. The molecule has 0 saturated heterocycles. The Balaban J connectivity index is 1.46. The standard InChI is InChI=1S/C22H27N5O3/c1-22(2,3)30-21(29)25-13-6-7-16-9-10-17(15-18(16)25)23-11-14-27-20(28)26-12-5-4-8-19(26)24-27/h4-5,8-10,12,15,23H,6-7,11,13-14H2,1-3H3. The van der Waals surface area contributed by atoms with E-state index < -0.39 is 5.60 Å². The molecule has 1 aromatic carbocycles. The van der Waals surface area contributed by atoms with Crippen molar-refractivity contribution in [2.24, 2.45) is 0 Å². The fraction of sp³-hybridized carbons (Fsp3) is 0.409. The molecule has 0 unspecified atom stereocenters. The number of ether oxygens (including phenoxy) is 1. The molecule has 158 valence electrons. The number of carbonyl (C=O) groups excluding carboxylic acids is 1. The SMILES string of the molecule is CC(C)(C)OC(=O)N1CCCc2ccc(NCCn3nc4ccccn4c3=O)cc21. The van der Waals surface area contributed by atoms with E-state index in [1.54, 1.807) is 17.2 Å². The predicted octanol–water partition coefficient (Wildman–Crippen LogP) is 3.30. The Bertz CT molecular complexity index is 1130. The molecule has 8 nitrogen and oxygen atoms in total. The normalized spacial score (nSPS) is 13.9. The number of nitrogens with one attached hydrogen (secondary N) is 1. The number of hydrogen-bond donors (Lipinski definition) is 1. The van der Waals surface area contributed by atoms with Gasteiger partial charge in [0.15, 0.2) is 5.65 Å². The maximum Gasteiger partial charge on any atom is 0.414 e. The molecule has 1 amide bonds. The van der Waals surface area contributed by atoms with Crippen molar-refractivity contribution >= 4 is 23.1 Å². The first-order valence-corrected chi connectivity index (χ1v) is 10.2. The molecule has 4 rings (SSSR count). The summed E-state index contributed by atoms with van der Waals surface area (Å²) < 4.78 is 8.55. The van der Waals surface area contributed by atoms with Crippen molar-refractivity contribution in [1.29, 1.82) is 0 Å². The molecule has 3 aromatic rings. The summed E-state index contributed by atoms with van der Waals surface area (Å²) in [5.41, 5.74) is 2.84. The molecule has 0 radical (unpaired) electrons. The highest BCUT2D eigenvalue weighted by Crippen LogP contribution is 2.31. The fourth-order valence-electron chi connectivity index (χ4n) is 3.61. The average molecular weight is 409 g/mol. The third-order valence-corrected chi connectivity index (χ3v) is 4.96. The molecule has 30 heavy (non-hydrogen) atoms. The Morgan fingerprint density at radius 3 is 2.83 bits per heavy atom. The van der Waals surface area contributed by atoms with Gasteiger partial charge in [0, 0.05) is 25.0 Å². The number of pyridine rings is 1. The molecular formula is C22H27N5O3. The molecule has 1 aliphatic rings. The number of hydrogen-bond acceptors (Lipinski definition) is 5. The van der Waals surface area contributed by atoms with Crippen molar-refractivity contribution in [1.82, 2.24) is 14.2 Å². The van der Waals surface area contributed by atoms with Gasteiger partial charge in [-0.2, -0.15) is 0 Å². The second-order valence-corrected chi connectivity index (χ2v) is 8.44. The van der Waals surface area contributed by atoms with Crippen LogP contribution in [-0.2, 0) is 17.7 Å². The Morgan fingerprint density at radius 2 is 2.07 bits per heavy atom. The number of nitrogens with zero attached hydrogens (tertiary/aromatic N) is 4. The van der Waals surface area contributed by atoms with Gasteiger partial charge in [-0.25, -0.2) is 14.3 Å². The third-order valence-electron chi connectivity index (χ3n) is 4.96. The second-order valence-electron chi connectivity index (χ2n) is 8.44. The van der Waals surface area contributed by atoms with Crippen LogP contribution in [0.15, 0.2) is 47.4 Å². The van der Waals surface area contributed by atoms with E-state index in [9.17, 15) is 9.59 Å². The van der Waals surface area contributed by atoms with Gasteiger partial charge >= 0.3 is 11.8 Å². The van der Waals surface area contributed by atoms with Crippen LogP contribution in [0.2, 0.25) is 0 Å². The van der Waals surface area contributed by atoms with Crippen molar-refractivity contribution in [2.75, 3.05) is 23.3 Å². The highest BCUT2D eigenvalue weighted by Gasteiger charge is 2.27. The van der Waals surface area contributed by atoms with Crippen LogP contribution in [0.5, 0.6) is 0 Å². The topological polar surface area (TPSA) is 80.9 Å². The van der Waals surface area contributed by atoms with Crippen LogP contribution in [0, 0.1) is 0 Å². The predicted molar refractivity (Wildman–Crippen MR) is 116 cm³/mol. The number of rotatable bonds is 4. The summed E-state index contributed by atoms with van der Waals surface area (Å²) in [6.07, 6.45) is 3.24. The molecule has 3 heterocycles. The molecule has 0 aliphatic carbocycles. The monoisotopic (exact) mass is 409 g/mol. The lowest BCUT2D eigenvalue weighted by atomic mass is 10.0. The molecule has 0 spiro atoms. The number of carbonyl (C=O) groups is 1. The van der Waals surface area contributed by atoms with E-state index in [1.807, 2.05) is 51.1 Å². The lowest BCUT2D eigenvalue weighted by Gasteiger charge is -2.32. The Hall–Kier alpha value is -3.29. The van der Waals surface area contributed by atoms with E-state index in [1.165, 1.54) is 9.08 Å². The molecule has 0 saturated carbocycles. The van der Waals surface area contributed by atoms with E-state index >= 15 is 0 Å². The van der Waals surface area contributed by atoms with Gasteiger partial charge in [-0.3, -0.25) is 9.30 Å². The van der Waals surface area contributed by atoms with E-state index in [0.29, 0.717) is 25.3 Å². The van der Waals surface area contributed by atoms with Crippen LogP contribution < -0.4 is 15.9 Å². The molecule has 0 atom stereocenters. The third kappa shape index (κ3) is 4.17. The second kappa shape index (κ2) is 7.85. The van der Waals surface area contributed by atoms with E-state index in [-0.39, 0.29) is 11.8 Å². The molecule has 1 aliphatic heterocycles. The van der Waals surface area contributed by atoms with Gasteiger partial charge in [-0.1, -0.05) is 12.1 Å². The smallest absolute Gasteiger partial charge is 0.414 e. The van der Waals surface area contributed by atoms with Gasteiger partial charge < -0.3 is 10.1 Å². The van der Waals surface area contributed by atoms with Crippen LogP contribution in [0.1, 0.15) is 32.8 Å². The summed E-state index contributed by atoms with van der Waals surface area (Å²) in [7, 11) is 0. The summed E-state index contributed by atoms with van der Waals surface area (Å²) in [5.74, 6) is 0. The van der Waals surface area contributed by atoms with Gasteiger partial charge in [-0.15, -0.1) is 5.10 Å².